The quantitative estimate of drug-likeness (QED) is 0.847. The monoisotopic (exact) mass is 296 g/mol. The molecule has 3 rings (SSSR count). The summed E-state index contributed by atoms with van der Waals surface area (Å²) in [7, 11) is 0. The molecule has 21 heavy (non-hydrogen) atoms. The van der Waals surface area contributed by atoms with Crippen molar-refractivity contribution >= 4 is 23.2 Å². The highest BCUT2D eigenvalue weighted by molar-refractivity contribution is 6.30. The van der Waals surface area contributed by atoms with Crippen molar-refractivity contribution in [2.45, 2.75) is 12.8 Å². The van der Waals surface area contributed by atoms with Crippen LogP contribution in [0.25, 0.3) is 0 Å². The number of hydrogen-bond donors (Lipinski definition) is 0. The minimum absolute atomic E-state index is 0.0424. The van der Waals surface area contributed by atoms with Gasteiger partial charge in [-0.3, -0.25) is 9.59 Å². The Bertz CT molecular complexity index is 742. The van der Waals surface area contributed by atoms with E-state index in [0.29, 0.717) is 34.6 Å². The topological polar surface area (TPSA) is 34.1 Å². The maximum absolute atomic E-state index is 12.4. The summed E-state index contributed by atoms with van der Waals surface area (Å²) in [6, 6.07) is 14.5. The fraction of sp³-hybridized carbons (Fsp3) is 0.111. The summed E-state index contributed by atoms with van der Waals surface area (Å²) >= 11 is 5.85. The number of rotatable bonds is 3. The Hall–Kier alpha value is -2.19. The van der Waals surface area contributed by atoms with Gasteiger partial charge in [-0.2, -0.15) is 0 Å². The van der Waals surface area contributed by atoms with E-state index in [1.807, 2.05) is 24.3 Å². The summed E-state index contributed by atoms with van der Waals surface area (Å²) < 4.78 is 0. The Morgan fingerprint density at radius 2 is 1.48 bits per heavy atom. The van der Waals surface area contributed by atoms with Gasteiger partial charge in [0.2, 0.25) is 0 Å². The number of Topliss-reactive ketones (excluding diaryl/α,β-unsaturated/α-hetero) is 1. The van der Waals surface area contributed by atoms with E-state index in [9.17, 15) is 9.59 Å². The minimum atomic E-state index is -0.0868. The molecule has 2 nitrogen and oxygen atoms in total. The van der Waals surface area contributed by atoms with Gasteiger partial charge in [0.05, 0.1) is 0 Å². The normalized spacial score (nSPS) is 13.9. The van der Waals surface area contributed by atoms with Crippen molar-refractivity contribution < 1.29 is 9.59 Å². The molecule has 0 atom stereocenters. The van der Waals surface area contributed by atoms with Crippen molar-refractivity contribution in [2.75, 3.05) is 0 Å². The third-order valence-electron chi connectivity index (χ3n) is 3.63. The summed E-state index contributed by atoms with van der Waals surface area (Å²) in [6.45, 7) is 0. The second kappa shape index (κ2) is 5.66. The van der Waals surface area contributed by atoms with Crippen molar-refractivity contribution in [3.63, 3.8) is 0 Å². The van der Waals surface area contributed by atoms with Crippen molar-refractivity contribution in [3.05, 3.63) is 81.9 Å². The van der Waals surface area contributed by atoms with Crippen molar-refractivity contribution in [1.82, 2.24) is 0 Å². The summed E-state index contributed by atoms with van der Waals surface area (Å²) in [5, 5.41) is 0.691. The zero-order chi connectivity index (χ0) is 14.8. The predicted octanol–water partition coefficient (Wildman–Crippen LogP) is 4.28. The first-order valence-corrected chi connectivity index (χ1v) is 7.16. The van der Waals surface area contributed by atoms with Crippen LogP contribution in [0.15, 0.2) is 60.2 Å². The Balaban J connectivity index is 1.79. The van der Waals surface area contributed by atoms with Gasteiger partial charge in [0.25, 0.3) is 0 Å². The van der Waals surface area contributed by atoms with Crippen molar-refractivity contribution in [2.24, 2.45) is 0 Å². The number of ketones is 2. The number of fused-ring (bicyclic) bond motifs is 1. The van der Waals surface area contributed by atoms with Crippen LogP contribution in [0.3, 0.4) is 0 Å². The molecular weight excluding hydrogens is 284 g/mol. The smallest absolute Gasteiger partial charge is 0.189 e. The Kier molecular flexibility index (Phi) is 3.72. The predicted molar refractivity (Wildman–Crippen MR) is 83.0 cm³/mol. The van der Waals surface area contributed by atoms with Crippen LogP contribution in [0, 0.1) is 0 Å². The van der Waals surface area contributed by atoms with Crippen molar-refractivity contribution in [1.29, 1.82) is 0 Å². The number of allylic oxidation sites excluding steroid dienone is 2. The molecule has 3 heteroatoms. The Morgan fingerprint density at radius 1 is 0.810 bits per heavy atom. The zero-order valence-electron chi connectivity index (χ0n) is 11.3. The van der Waals surface area contributed by atoms with Crippen LogP contribution in [-0.4, -0.2) is 11.6 Å². The lowest BCUT2D eigenvalue weighted by molar-refractivity contribution is 0.0981. The first-order valence-electron chi connectivity index (χ1n) is 6.78. The van der Waals surface area contributed by atoms with Gasteiger partial charge >= 0.3 is 0 Å². The van der Waals surface area contributed by atoms with E-state index in [4.69, 9.17) is 11.6 Å². The first kappa shape index (κ1) is 13.8. The number of halogens is 1. The van der Waals surface area contributed by atoms with Crippen LogP contribution in [0.2, 0.25) is 5.02 Å². The molecule has 0 saturated carbocycles. The molecule has 0 aromatic heterocycles. The molecule has 0 radical (unpaired) electrons. The van der Waals surface area contributed by atoms with Crippen LogP contribution >= 0.6 is 11.6 Å². The zero-order valence-corrected chi connectivity index (χ0v) is 12.1. The van der Waals surface area contributed by atoms with E-state index in [1.165, 1.54) is 6.08 Å². The fourth-order valence-electron chi connectivity index (χ4n) is 2.49. The van der Waals surface area contributed by atoms with E-state index >= 15 is 0 Å². The summed E-state index contributed by atoms with van der Waals surface area (Å²) in [5.41, 5.74) is 2.68. The largest absolute Gasteiger partial charge is 0.289 e. The van der Waals surface area contributed by atoms with E-state index in [-0.39, 0.29) is 11.6 Å². The lowest BCUT2D eigenvalue weighted by atomic mass is 9.87. The third-order valence-corrected chi connectivity index (χ3v) is 3.88. The molecule has 0 amide bonds. The highest BCUT2D eigenvalue weighted by Crippen LogP contribution is 2.24. The Morgan fingerprint density at radius 3 is 2.19 bits per heavy atom. The van der Waals surface area contributed by atoms with E-state index in [0.717, 1.165) is 5.56 Å². The van der Waals surface area contributed by atoms with E-state index in [1.54, 1.807) is 24.3 Å². The van der Waals surface area contributed by atoms with Crippen LogP contribution in [0.1, 0.15) is 32.7 Å². The van der Waals surface area contributed by atoms with Crippen LogP contribution in [0.4, 0.5) is 0 Å². The number of hydrogen-bond acceptors (Lipinski definition) is 2. The average Bonchev–Trinajstić information content (AvgIpc) is 2.51. The van der Waals surface area contributed by atoms with Gasteiger partial charge in [0, 0.05) is 21.7 Å². The average molecular weight is 297 g/mol. The maximum Gasteiger partial charge on any atom is 0.189 e. The van der Waals surface area contributed by atoms with Gasteiger partial charge in [-0.25, -0.2) is 0 Å². The molecule has 0 heterocycles. The first-order chi connectivity index (χ1) is 10.1. The van der Waals surface area contributed by atoms with E-state index in [2.05, 4.69) is 0 Å². The minimum Gasteiger partial charge on any atom is -0.289 e. The lowest BCUT2D eigenvalue weighted by Gasteiger charge is -2.14. The van der Waals surface area contributed by atoms with Gasteiger partial charge < -0.3 is 0 Å². The van der Waals surface area contributed by atoms with Gasteiger partial charge in [-0.05, 0) is 36.6 Å². The second-order valence-electron chi connectivity index (χ2n) is 5.04. The number of carbonyl (C=O) groups excluding carboxylic acids is 2. The number of carbonyl (C=O) groups is 2. The lowest BCUT2D eigenvalue weighted by Crippen LogP contribution is -2.17. The molecule has 0 unspecified atom stereocenters. The van der Waals surface area contributed by atoms with Gasteiger partial charge in [0.1, 0.15) is 0 Å². The maximum atomic E-state index is 12.4. The van der Waals surface area contributed by atoms with Gasteiger partial charge in [-0.1, -0.05) is 48.0 Å². The van der Waals surface area contributed by atoms with Crippen molar-refractivity contribution in [3.8, 4) is 0 Å². The second-order valence-corrected chi connectivity index (χ2v) is 5.47. The standard InChI is InChI=1S/C18H13ClO2/c19-14-9-6-12(7-10-14)5-8-13-11-17(20)15-3-1-2-4-16(15)18(13)21/h1-4,6-7,9-11H,5,8H2. The SMILES string of the molecule is O=C1C=C(CCc2ccc(Cl)cc2)C(=O)c2ccccc21. The van der Waals surface area contributed by atoms with Crippen LogP contribution in [0.5, 0.6) is 0 Å². The molecule has 104 valence electrons. The molecule has 0 fully saturated rings. The molecular formula is C18H13ClO2. The third kappa shape index (κ3) is 2.81. The molecule has 2 aromatic rings. The number of benzene rings is 2. The fourth-order valence-corrected chi connectivity index (χ4v) is 2.61. The van der Waals surface area contributed by atoms with E-state index < -0.39 is 0 Å². The van der Waals surface area contributed by atoms with Gasteiger partial charge in [-0.15, -0.1) is 0 Å². The summed E-state index contributed by atoms with van der Waals surface area (Å²) in [4.78, 5) is 24.4. The highest BCUT2D eigenvalue weighted by Gasteiger charge is 2.24. The van der Waals surface area contributed by atoms with Gasteiger partial charge in [0.15, 0.2) is 11.6 Å². The molecule has 1 aliphatic carbocycles. The summed E-state index contributed by atoms with van der Waals surface area (Å²) in [5.74, 6) is -0.129. The van der Waals surface area contributed by atoms with Crippen LogP contribution in [-0.2, 0) is 6.42 Å². The molecule has 0 aliphatic heterocycles. The molecule has 1 aliphatic rings. The molecule has 2 aromatic carbocycles. The molecule has 0 N–H and O–H groups in total. The summed E-state index contributed by atoms with van der Waals surface area (Å²) in [6.07, 6.45) is 2.74. The van der Waals surface area contributed by atoms with Crippen LogP contribution < -0.4 is 0 Å². The molecule has 0 bridgehead atoms. The molecule has 0 saturated heterocycles. The number of aryl methyl sites for hydroxylation is 1. The Labute approximate surface area is 128 Å². The highest BCUT2D eigenvalue weighted by atomic mass is 35.5. The molecule has 0 spiro atoms.